The molecule has 0 saturated carbocycles. The van der Waals surface area contributed by atoms with Crippen LogP contribution in [0.2, 0.25) is 0 Å². The molecule has 0 aliphatic rings. The maximum atomic E-state index is 11.8. The van der Waals surface area contributed by atoms with Crippen molar-refractivity contribution in [1.82, 2.24) is 0 Å². The maximum Gasteiger partial charge on any atom is 0.311 e. The third-order valence-electron chi connectivity index (χ3n) is 2.71. The van der Waals surface area contributed by atoms with E-state index in [0.717, 1.165) is 25.7 Å². The highest BCUT2D eigenvalue weighted by atomic mass is 16.5. The standard InChI is InChI=1S/C12H24O3/c1-5-7-8-12(3,9-10-14-4)11(13)15-6-2/h5-10H2,1-4H3. The van der Waals surface area contributed by atoms with Gasteiger partial charge in [-0.05, 0) is 26.7 Å². The zero-order valence-electron chi connectivity index (χ0n) is 10.5. The fraction of sp³-hybridized carbons (Fsp3) is 0.917. The summed E-state index contributed by atoms with van der Waals surface area (Å²) >= 11 is 0. The minimum Gasteiger partial charge on any atom is -0.466 e. The minimum atomic E-state index is -0.373. The molecule has 0 heterocycles. The van der Waals surface area contributed by atoms with Gasteiger partial charge in [-0.1, -0.05) is 19.8 Å². The highest BCUT2D eigenvalue weighted by molar-refractivity contribution is 5.76. The van der Waals surface area contributed by atoms with E-state index in [1.165, 1.54) is 0 Å². The normalized spacial score (nSPS) is 14.7. The van der Waals surface area contributed by atoms with Crippen molar-refractivity contribution in [3.63, 3.8) is 0 Å². The van der Waals surface area contributed by atoms with Crippen LogP contribution in [-0.4, -0.2) is 26.3 Å². The molecular weight excluding hydrogens is 192 g/mol. The number of hydrogen-bond acceptors (Lipinski definition) is 3. The van der Waals surface area contributed by atoms with Gasteiger partial charge >= 0.3 is 5.97 Å². The van der Waals surface area contributed by atoms with E-state index in [2.05, 4.69) is 6.92 Å². The highest BCUT2D eigenvalue weighted by Gasteiger charge is 2.33. The Labute approximate surface area is 93.1 Å². The predicted octanol–water partition coefficient (Wildman–Crippen LogP) is 2.78. The molecule has 90 valence electrons. The first-order valence-corrected chi connectivity index (χ1v) is 5.77. The summed E-state index contributed by atoms with van der Waals surface area (Å²) in [5, 5.41) is 0. The molecule has 0 aromatic heterocycles. The van der Waals surface area contributed by atoms with Crippen LogP contribution in [0.1, 0.15) is 46.5 Å². The van der Waals surface area contributed by atoms with Crippen LogP contribution < -0.4 is 0 Å². The molecule has 3 nitrogen and oxygen atoms in total. The van der Waals surface area contributed by atoms with Gasteiger partial charge in [-0.3, -0.25) is 4.79 Å². The molecule has 0 aromatic rings. The van der Waals surface area contributed by atoms with Crippen LogP contribution in [0.3, 0.4) is 0 Å². The molecule has 0 fully saturated rings. The summed E-state index contributed by atoms with van der Waals surface area (Å²) < 4.78 is 10.1. The zero-order chi connectivity index (χ0) is 11.7. The molecule has 0 aromatic carbocycles. The Kier molecular flexibility index (Phi) is 7.39. The van der Waals surface area contributed by atoms with E-state index in [9.17, 15) is 4.79 Å². The predicted molar refractivity (Wildman–Crippen MR) is 60.8 cm³/mol. The quantitative estimate of drug-likeness (QED) is 0.585. The fourth-order valence-corrected chi connectivity index (χ4v) is 1.53. The second-order valence-corrected chi connectivity index (χ2v) is 4.13. The Morgan fingerprint density at radius 2 is 1.93 bits per heavy atom. The molecule has 0 saturated heterocycles. The number of methoxy groups -OCH3 is 1. The molecule has 0 rings (SSSR count). The first-order chi connectivity index (χ1) is 7.10. The van der Waals surface area contributed by atoms with Crippen molar-refractivity contribution in [2.24, 2.45) is 5.41 Å². The van der Waals surface area contributed by atoms with Crippen LogP contribution in [0.5, 0.6) is 0 Å². The van der Waals surface area contributed by atoms with Gasteiger partial charge in [0.1, 0.15) is 0 Å². The maximum absolute atomic E-state index is 11.8. The van der Waals surface area contributed by atoms with Gasteiger partial charge in [-0.15, -0.1) is 0 Å². The van der Waals surface area contributed by atoms with Gasteiger partial charge in [0.25, 0.3) is 0 Å². The fourth-order valence-electron chi connectivity index (χ4n) is 1.53. The molecule has 0 N–H and O–H groups in total. The van der Waals surface area contributed by atoms with E-state index in [4.69, 9.17) is 9.47 Å². The summed E-state index contributed by atoms with van der Waals surface area (Å²) in [4.78, 5) is 11.8. The summed E-state index contributed by atoms with van der Waals surface area (Å²) in [6, 6.07) is 0. The number of hydrogen-bond donors (Lipinski definition) is 0. The van der Waals surface area contributed by atoms with Crippen LogP contribution >= 0.6 is 0 Å². The second kappa shape index (κ2) is 7.69. The molecule has 15 heavy (non-hydrogen) atoms. The lowest BCUT2D eigenvalue weighted by molar-refractivity contribution is -0.156. The summed E-state index contributed by atoms with van der Waals surface area (Å²) in [7, 11) is 1.66. The van der Waals surface area contributed by atoms with Crippen molar-refractivity contribution in [3.05, 3.63) is 0 Å². The zero-order valence-corrected chi connectivity index (χ0v) is 10.5. The number of esters is 1. The third kappa shape index (κ3) is 5.17. The Morgan fingerprint density at radius 3 is 2.40 bits per heavy atom. The SMILES string of the molecule is CCCCC(C)(CCOC)C(=O)OCC. The van der Waals surface area contributed by atoms with Crippen LogP contribution in [-0.2, 0) is 14.3 Å². The smallest absolute Gasteiger partial charge is 0.311 e. The molecule has 0 bridgehead atoms. The first-order valence-electron chi connectivity index (χ1n) is 5.77. The molecule has 0 aliphatic carbocycles. The summed E-state index contributed by atoms with van der Waals surface area (Å²) in [6.45, 7) is 7.00. The minimum absolute atomic E-state index is 0.0875. The molecule has 0 radical (unpaired) electrons. The van der Waals surface area contributed by atoms with E-state index in [1.807, 2.05) is 13.8 Å². The van der Waals surface area contributed by atoms with E-state index < -0.39 is 0 Å². The van der Waals surface area contributed by atoms with E-state index in [0.29, 0.717) is 13.2 Å². The second-order valence-electron chi connectivity index (χ2n) is 4.13. The molecule has 0 amide bonds. The van der Waals surface area contributed by atoms with Crippen LogP contribution in [0, 0.1) is 5.41 Å². The number of ether oxygens (including phenoxy) is 2. The van der Waals surface area contributed by atoms with Gasteiger partial charge in [0.15, 0.2) is 0 Å². The largest absolute Gasteiger partial charge is 0.466 e. The number of unbranched alkanes of at least 4 members (excludes halogenated alkanes) is 1. The Morgan fingerprint density at radius 1 is 1.27 bits per heavy atom. The Hall–Kier alpha value is -0.570. The lowest BCUT2D eigenvalue weighted by atomic mass is 9.82. The summed E-state index contributed by atoms with van der Waals surface area (Å²) in [5.74, 6) is -0.0875. The van der Waals surface area contributed by atoms with Crippen molar-refractivity contribution in [2.75, 3.05) is 20.3 Å². The van der Waals surface area contributed by atoms with Gasteiger partial charge in [0.2, 0.25) is 0 Å². The monoisotopic (exact) mass is 216 g/mol. The van der Waals surface area contributed by atoms with E-state index >= 15 is 0 Å². The third-order valence-corrected chi connectivity index (χ3v) is 2.71. The van der Waals surface area contributed by atoms with Crippen molar-refractivity contribution in [2.45, 2.75) is 46.5 Å². The number of carbonyl (C=O) groups is 1. The van der Waals surface area contributed by atoms with Crippen molar-refractivity contribution < 1.29 is 14.3 Å². The lowest BCUT2D eigenvalue weighted by Crippen LogP contribution is -2.31. The van der Waals surface area contributed by atoms with Crippen LogP contribution in [0.15, 0.2) is 0 Å². The van der Waals surface area contributed by atoms with Crippen LogP contribution in [0.4, 0.5) is 0 Å². The Bertz CT molecular complexity index is 170. The summed E-state index contributed by atoms with van der Waals surface area (Å²) in [6.07, 6.45) is 3.77. The topological polar surface area (TPSA) is 35.5 Å². The Balaban J connectivity index is 4.30. The molecule has 1 unspecified atom stereocenters. The summed E-state index contributed by atoms with van der Waals surface area (Å²) in [5.41, 5.74) is -0.373. The molecule has 0 spiro atoms. The van der Waals surface area contributed by atoms with E-state index in [1.54, 1.807) is 7.11 Å². The van der Waals surface area contributed by atoms with Crippen molar-refractivity contribution in [3.8, 4) is 0 Å². The molecule has 3 heteroatoms. The average Bonchev–Trinajstić information content (AvgIpc) is 2.24. The molecule has 1 atom stereocenters. The van der Waals surface area contributed by atoms with Gasteiger partial charge in [0, 0.05) is 13.7 Å². The van der Waals surface area contributed by atoms with Gasteiger partial charge in [0.05, 0.1) is 12.0 Å². The molecular formula is C12H24O3. The average molecular weight is 216 g/mol. The van der Waals surface area contributed by atoms with Gasteiger partial charge in [-0.2, -0.15) is 0 Å². The number of rotatable bonds is 8. The number of carbonyl (C=O) groups excluding carboxylic acids is 1. The first kappa shape index (κ1) is 14.4. The van der Waals surface area contributed by atoms with Crippen LogP contribution in [0.25, 0.3) is 0 Å². The lowest BCUT2D eigenvalue weighted by Gasteiger charge is -2.26. The van der Waals surface area contributed by atoms with Gasteiger partial charge < -0.3 is 9.47 Å². The van der Waals surface area contributed by atoms with Gasteiger partial charge in [-0.25, -0.2) is 0 Å². The highest BCUT2D eigenvalue weighted by Crippen LogP contribution is 2.30. The molecule has 0 aliphatic heterocycles. The van der Waals surface area contributed by atoms with Crippen molar-refractivity contribution in [1.29, 1.82) is 0 Å². The van der Waals surface area contributed by atoms with Crippen molar-refractivity contribution >= 4 is 5.97 Å². The van der Waals surface area contributed by atoms with E-state index in [-0.39, 0.29) is 11.4 Å².